The number of likely N-dealkylation sites (tertiary alicyclic amines) is 2. The van der Waals surface area contributed by atoms with Gasteiger partial charge in [-0.1, -0.05) is 12.8 Å². The van der Waals surface area contributed by atoms with E-state index < -0.39 is 12.1 Å². The first-order chi connectivity index (χ1) is 18.7. The normalized spacial score (nSPS) is 18.0. The molecule has 4 N–H and O–H groups in total. The highest BCUT2D eigenvalue weighted by molar-refractivity contribution is 5.80. The number of rotatable bonds is 5. The van der Waals surface area contributed by atoms with Crippen LogP contribution < -0.4 is 20.9 Å². The van der Waals surface area contributed by atoms with Crippen molar-refractivity contribution in [2.75, 3.05) is 37.6 Å². The van der Waals surface area contributed by atoms with Crippen LogP contribution in [0.5, 0.6) is 17.4 Å². The summed E-state index contributed by atoms with van der Waals surface area (Å²) in [6.07, 6.45) is 1.28. The number of piperidine rings is 2. The van der Waals surface area contributed by atoms with Crippen molar-refractivity contribution in [1.29, 1.82) is 5.26 Å². The van der Waals surface area contributed by atoms with Gasteiger partial charge in [0.1, 0.15) is 17.5 Å². The molecule has 1 aromatic carbocycles. The Morgan fingerprint density at radius 2 is 1.59 bits per heavy atom. The van der Waals surface area contributed by atoms with Crippen molar-refractivity contribution in [1.82, 2.24) is 14.8 Å². The Kier molecular flexibility index (Phi) is 7.55. The molecule has 0 saturated carbocycles. The van der Waals surface area contributed by atoms with Crippen LogP contribution in [0, 0.1) is 11.3 Å². The van der Waals surface area contributed by atoms with E-state index in [1.807, 2.05) is 12.1 Å². The maximum Gasteiger partial charge on any atom is 0.491 e. The number of halogens is 3. The first-order valence-electron chi connectivity index (χ1n) is 13.2. The number of nitrogens with zero attached hydrogens (tertiary/aromatic N) is 4. The minimum Gasteiger partial charge on any atom is -0.434 e. The van der Waals surface area contributed by atoms with Crippen molar-refractivity contribution in [3.05, 3.63) is 33.9 Å². The molecule has 208 valence electrons. The van der Waals surface area contributed by atoms with Gasteiger partial charge in [0.15, 0.2) is 11.5 Å². The third kappa shape index (κ3) is 5.60. The monoisotopic (exact) mass is 544 g/mol. The Labute approximate surface area is 224 Å². The SMILES string of the molecule is N#Cc1c(N)nc2c(c1N)Cc1c(CN3CCCCC3)cc(CN3CCCCC3)c(OC(=O)C(F)(F)F)c1O2. The first-order valence-corrected chi connectivity index (χ1v) is 13.2. The number of carbonyl (C=O) groups is 1. The Morgan fingerprint density at radius 3 is 2.15 bits per heavy atom. The number of nitriles is 1. The molecule has 0 aliphatic carbocycles. The number of carbonyl (C=O) groups excluding carboxylic acids is 1. The summed E-state index contributed by atoms with van der Waals surface area (Å²) in [4.78, 5) is 20.7. The molecule has 3 aliphatic rings. The Hall–Kier alpha value is -3.56. The van der Waals surface area contributed by atoms with Gasteiger partial charge >= 0.3 is 12.1 Å². The van der Waals surface area contributed by atoms with Crippen LogP contribution in [0.2, 0.25) is 0 Å². The van der Waals surface area contributed by atoms with Gasteiger partial charge in [-0.15, -0.1) is 0 Å². The molecule has 4 heterocycles. The topological polar surface area (TPSA) is 131 Å². The number of nitrogens with two attached hydrogens (primary N) is 2. The lowest BCUT2D eigenvalue weighted by Crippen LogP contribution is -2.32. The van der Waals surface area contributed by atoms with E-state index >= 15 is 0 Å². The third-order valence-electron chi connectivity index (χ3n) is 7.61. The number of benzene rings is 1. The van der Waals surface area contributed by atoms with Gasteiger partial charge in [0.25, 0.3) is 0 Å². The second kappa shape index (κ2) is 10.9. The van der Waals surface area contributed by atoms with Crippen molar-refractivity contribution in [3.63, 3.8) is 0 Å². The van der Waals surface area contributed by atoms with Crippen LogP contribution in [0.25, 0.3) is 0 Å². The number of aromatic nitrogens is 1. The summed E-state index contributed by atoms with van der Waals surface area (Å²) in [5.74, 6) is -2.75. The van der Waals surface area contributed by atoms with Crippen LogP contribution >= 0.6 is 0 Å². The van der Waals surface area contributed by atoms with E-state index in [1.165, 1.54) is 0 Å². The lowest BCUT2D eigenvalue weighted by Gasteiger charge is -2.32. The van der Waals surface area contributed by atoms with Gasteiger partial charge in [-0.05, 0) is 63.5 Å². The van der Waals surface area contributed by atoms with E-state index in [1.54, 1.807) is 0 Å². The van der Waals surface area contributed by atoms with Crippen LogP contribution in [0.4, 0.5) is 24.7 Å². The molecule has 0 bridgehead atoms. The Morgan fingerprint density at radius 1 is 1.00 bits per heavy atom. The summed E-state index contributed by atoms with van der Waals surface area (Å²) >= 11 is 0. The molecule has 0 unspecified atom stereocenters. The van der Waals surface area contributed by atoms with Gasteiger partial charge in [-0.3, -0.25) is 9.80 Å². The number of anilines is 2. The highest BCUT2D eigenvalue weighted by atomic mass is 19.4. The number of fused-ring (bicyclic) bond motifs is 2. The smallest absolute Gasteiger partial charge is 0.434 e. The highest BCUT2D eigenvalue weighted by Crippen LogP contribution is 2.48. The van der Waals surface area contributed by atoms with E-state index in [2.05, 4.69) is 14.8 Å². The Bertz CT molecular complexity index is 1310. The quantitative estimate of drug-likeness (QED) is 0.357. The maximum absolute atomic E-state index is 13.4. The van der Waals surface area contributed by atoms with E-state index in [4.69, 9.17) is 20.9 Å². The lowest BCUT2D eigenvalue weighted by atomic mass is 9.91. The van der Waals surface area contributed by atoms with E-state index in [0.717, 1.165) is 70.3 Å². The van der Waals surface area contributed by atoms with E-state index in [9.17, 15) is 23.2 Å². The van der Waals surface area contributed by atoms with E-state index in [0.29, 0.717) is 29.8 Å². The predicted molar refractivity (Wildman–Crippen MR) is 137 cm³/mol. The maximum atomic E-state index is 13.4. The highest BCUT2D eigenvalue weighted by Gasteiger charge is 2.43. The summed E-state index contributed by atoms with van der Waals surface area (Å²) in [7, 11) is 0. The summed E-state index contributed by atoms with van der Waals surface area (Å²) in [6, 6.07) is 3.79. The average molecular weight is 545 g/mol. The van der Waals surface area contributed by atoms with Gasteiger partial charge in [-0.2, -0.15) is 23.4 Å². The second-order valence-corrected chi connectivity index (χ2v) is 10.4. The molecule has 0 spiro atoms. The number of esters is 1. The standard InChI is InChI=1S/C27H31F3N6O3/c28-27(29,30)26(37)39-22-17(15-36-9-5-2-6-10-36)11-16(14-35-7-3-1-4-8-35)18-12-19-21(32)20(13-31)24(33)34-25(19)38-23(18)22/h11H,1-10,12,14-15H2,(H4,32,33,34). The van der Waals surface area contributed by atoms with Crippen molar-refractivity contribution in [3.8, 4) is 23.4 Å². The predicted octanol–water partition coefficient (Wildman–Crippen LogP) is 4.25. The number of hydrogen-bond acceptors (Lipinski definition) is 9. The minimum absolute atomic E-state index is 0.0117. The molecular weight excluding hydrogens is 513 g/mol. The van der Waals surface area contributed by atoms with Crippen LogP contribution in [0.15, 0.2) is 6.07 Å². The Balaban J connectivity index is 1.65. The first kappa shape index (κ1) is 27.0. The van der Waals surface area contributed by atoms with Crippen molar-refractivity contribution in [2.24, 2.45) is 0 Å². The number of ether oxygens (including phenoxy) is 2. The zero-order chi connectivity index (χ0) is 27.7. The van der Waals surface area contributed by atoms with Gasteiger partial charge in [0.05, 0.1) is 5.69 Å². The molecule has 0 atom stereocenters. The van der Waals surface area contributed by atoms with Crippen molar-refractivity contribution >= 4 is 17.5 Å². The fourth-order valence-corrected chi connectivity index (χ4v) is 5.61. The van der Waals surface area contributed by atoms with Gasteiger partial charge in [0.2, 0.25) is 5.88 Å². The molecule has 0 amide bonds. The van der Waals surface area contributed by atoms with Crippen LogP contribution in [0.1, 0.15) is 66.3 Å². The zero-order valence-corrected chi connectivity index (χ0v) is 21.6. The lowest BCUT2D eigenvalue weighted by molar-refractivity contribution is -0.189. The largest absolute Gasteiger partial charge is 0.491 e. The van der Waals surface area contributed by atoms with Crippen molar-refractivity contribution in [2.45, 2.75) is 64.2 Å². The van der Waals surface area contributed by atoms with Gasteiger partial charge < -0.3 is 20.9 Å². The molecule has 2 fully saturated rings. The minimum atomic E-state index is -5.19. The molecule has 39 heavy (non-hydrogen) atoms. The molecule has 2 aromatic rings. The molecule has 0 radical (unpaired) electrons. The molecule has 3 aliphatic heterocycles. The molecular formula is C27H31F3N6O3. The average Bonchev–Trinajstić information content (AvgIpc) is 2.91. The molecule has 2 saturated heterocycles. The summed E-state index contributed by atoms with van der Waals surface area (Å²) in [5, 5.41) is 9.51. The summed E-state index contributed by atoms with van der Waals surface area (Å²) in [6.45, 7) is 4.24. The number of alkyl halides is 3. The molecule has 5 rings (SSSR count). The van der Waals surface area contributed by atoms with Gasteiger partial charge in [0, 0.05) is 36.2 Å². The fourth-order valence-electron chi connectivity index (χ4n) is 5.61. The number of pyridine rings is 1. The van der Waals surface area contributed by atoms with Crippen LogP contribution in [0.3, 0.4) is 0 Å². The second-order valence-electron chi connectivity index (χ2n) is 10.4. The molecule has 12 heteroatoms. The van der Waals surface area contributed by atoms with E-state index in [-0.39, 0.29) is 40.9 Å². The molecule has 9 nitrogen and oxygen atoms in total. The van der Waals surface area contributed by atoms with Gasteiger partial charge in [-0.25, -0.2) is 4.79 Å². The van der Waals surface area contributed by atoms with Crippen molar-refractivity contribution < 1.29 is 27.4 Å². The number of hydrogen-bond donors (Lipinski definition) is 2. The third-order valence-corrected chi connectivity index (χ3v) is 7.61. The van der Waals surface area contributed by atoms with Crippen LogP contribution in [-0.4, -0.2) is 53.1 Å². The summed E-state index contributed by atoms with van der Waals surface area (Å²) < 4.78 is 51.2. The fraction of sp³-hybridized carbons (Fsp3) is 0.519. The van der Waals surface area contributed by atoms with Crippen LogP contribution in [-0.2, 0) is 24.3 Å². The zero-order valence-electron chi connectivity index (χ0n) is 21.6. The summed E-state index contributed by atoms with van der Waals surface area (Å²) in [5.41, 5.74) is 14.6. The number of nitrogen functional groups attached to an aromatic ring is 2. The molecule has 1 aromatic heterocycles.